The van der Waals surface area contributed by atoms with Gasteiger partial charge in [0.15, 0.2) is 0 Å². The van der Waals surface area contributed by atoms with Gasteiger partial charge in [-0.25, -0.2) is 8.42 Å². The number of thiophene rings is 1. The van der Waals surface area contributed by atoms with Gasteiger partial charge in [-0.15, -0.1) is 11.3 Å². The number of hydrogen-bond donors (Lipinski definition) is 1. The highest BCUT2D eigenvalue weighted by atomic mass is 79.9. The molecule has 1 aliphatic carbocycles. The van der Waals surface area contributed by atoms with Crippen molar-refractivity contribution in [3.63, 3.8) is 0 Å². The third-order valence-corrected chi connectivity index (χ3v) is 8.19. The van der Waals surface area contributed by atoms with Crippen LogP contribution in [0, 0.1) is 0 Å². The Morgan fingerprint density at radius 1 is 1.45 bits per heavy atom. The Balaban J connectivity index is 1.81. The van der Waals surface area contributed by atoms with Crippen LogP contribution < -0.4 is 5.32 Å². The van der Waals surface area contributed by atoms with E-state index in [0.717, 1.165) is 28.0 Å². The first-order valence-corrected chi connectivity index (χ1v) is 10.1. The van der Waals surface area contributed by atoms with Crippen LogP contribution in [-0.4, -0.2) is 31.4 Å². The van der Waals surface area contributed by atoms with Gasteiger partial charge in [-0.1, -0.05) is 0 Å². The van der Waals surface area contributed by atoms with Crippen LogP contribution in [-0.2, 0) is 16.6 Å². The summed E-state index contributed by atoms with van der Waals surface area (Å²) in [5.74, 6) is 0. The molecule has 1 saturated heterocycles. The number of nitrogens with one attached hydrogen (secondary N) is 1. The minimum Gasteiger partial charge on any atom is -0.309 e. The zero-order valence-corrected chi connectivity index (χ0v) is 14.7. The fourth-order valence-corrected chi connectivity index (χ4v) is 6.87. The summed E-state index contributed by atoms with van der Waals surface area (Å²) in [6, 6.07) is 2.57. The molecule has 0 amide bonds. The Labute approximate surface area is 132 Å². The topological polar surface area (TPSA) is 49.4 Å². The first-order chi connectivity index (χ1) is 9.48. The maximum absolute atomic E-state index is 12.7. The predicted octanol–water partition coefficient (Wildman–Crippen LogP) is 2.94. The Hall–Kier alpha value is 0.0500. The summed E-state index contributed by atoms with van der Waals surface area (Å²) in [5, 5.41) is 3.42. The number of halogens is 1. The van der Waals surface area contributed by atoms with E-state index >= 15 is 0 Å². The van der Waals surface area contributed by atoms with Crippen LogP contribution in [0.25, 0.3) is 0 Å². The average Bonchev–Trinajstić information content (AvgIpc) is 2.99. The normalized spacial score (nSPS) is 24.4. The van der Waals surface area contributed by atoms with Gasteiger partial charge in [0.2, 0.25) is 10.0 Å². The zero-order valence-electron chi connectivity index (χ0n) is 11.4. The van der Waals surface area contributed by atoms with Crippen LogP contribution in [0.4, 0.5) is 0 Å². The van der Waals surface area contributed by atoms with Crippen LogP contribution in [0.3, 0.4) is 0 Å². The molecule has 4 nitrogen and oxygen atoms in total. The van der Waals surface area contributed by atoms with Crippen LogP contribution in [0.1, 0.15) is 37.5 Å². The molecule has 1 N–H and O–H groups in total. The van der Waals surface area contributed by atoms with Crippen LogP contribution in [0.5, 0.6) is 0 Å². The highest BCUT2D eigenvalue weighted by Crippen LogP contribution is 2.36. The van der Waals surface area contributed by atoms with Crippen molar-refractivity contribution in [3.8, 4) is 0 Å². The lowest BCUT2D eigenvalue weighted by Gasteiger charge is -2.20. The van der Waals surface area contributed by atoms with Crippen LogP contribution >= 0.6 is 27.3 Å². The zero-order chi connectivity index (χ0) is 14.3. The molecule has 2 fully saturated rings. The highest BCUT2D eigenvalue weighted by Gasteiger charge is 2.34. The van der Waals surface area contributed by atoms with E-state index in [4.69, 9.17) is 0 Å². The van der Waals surface area contributed by atoms with Crippen LogP contribution in [0.15, 0.2) is 14.7 Å². The maximum atomic E-state index is 12.7. The quantitative estimate of drug-likeness (QED) is 0.856. The Morgan fingerprint density at radius 3 is 2.80 bits per heavy atom. The molecule has 3 rings (SSSR count). The molecule has 1 aromatic rings. The van der Waals surface area contributed by atoms with Crippen molar-refractivity contribution in [1.82, 2.24) is 9.62 Å². The van der Waals surface area contributed by atoms with Gasteiger partial charge in [0.1, 0.15) is 4.90 Å². The summed E-state index contributed by atoms with van der Waals surface area (Å²) in [6.07, 6.45) is 4.39. The van der Waals surface area contributed by atoms with Crippen molar-refractivity contribution in [2.24, 2.45) is 0 Å². The molecule has 1 atom stereocenters. The molecule has 2 heterocycles. The first-order valence-electron chi connectivity index (χ1n) is 7.02. The Kier molecular flexibility index (Phi) is 4.25. The van der Waals surface area contributed by atoms with E-state index in [-0.39, 0.29) is 6.04 Å². The Morgan fingerprint density at radius 2 is 2.20 bits per heavy atom. The largest absolute Gasteiger partial charge is 0.309 e. The van der Waals surface area contributed by atoms with Gasteiger partial charge in [0.05, 0.1) is 3.79 Å². The second-order valence-corrected chi connectivity index (χ2v) is 9.93. The van der Waals surface area contributed by atoms with Gasteiger partial charge in [-0.3, -0.25) is 0 Å². The fraction of sp³-hybridized carbons (Fsp3) is 0.692. The average molecular weight is 379 g/mol. The monoisotopic (exact) mass is 378 g/mol. The summed E-state index contributed by atoms with van der Waals surface area (Å²) in [5.41, 5.74) is 0. The summed E-state index contributed by atoms with van der Waals surface area (Å²) in [4.78, 5) is 1.51. The summed E-state index contributed by atoms with van der Waals surface area (Å²) >= 11 is 4.95. The lowest BCUT2D eigenvalue weighted by molar-refractivity contribution is 0.408. The van der Waals surface area contributed by atoms with Gasteiger partial charge in [-0.2, -0.15) is 4.31 Å². The van der Waals surface area contributed by atoms with Gasteiger partial charge in [-0.05, 0) is 54.6 Å². The summed E-state index contributed by atoms with van der Waals surface area (Å²) < 4.78 is 27.8. The van der Waals surface area contributed by atoms with E-state index in [1.165, 1.54) is 24.2 Å². The number of sulfonamides is 1. The fourth-order valence-electron chi connectivity index (χ4n) is 2.58. The minimum absolute atomic E-state index is 0.111. The highest BCUT2D eigenvalue weighted by molar-refractivity contribution is 9.11. The number of hydrogen-bond acceptors (Lipinski definition) is 4. The van der Waals surface area contributed by atoms with E-state index in [1.807, 2.05) is 13.0 Å². The van der Waals surface area contributed by atoms with E-state index < -0.39 is 10.0 Å². The first kappa shape index (κ1) is 15.0. The molecule has 0 bridgehead atoms. The lowest BCUT2D eigenvalue weighted by Crippen LogP contribution is -2.33. The molecule has 1 unspecified atom stereocenters. The van der Waals surface area contributed by atoms with Crippen molar-refractivity contribution in [2.75, 3.05) is 6.54 Å². The second-order valence-electron chi connectivity index (χ2n) is 5.61. The lowest BCUT2D eigenvalue weighted by atomic mass is 10.3. The molecule has 2 aliphatic rings. The Bertz CT molecular complexity index is 596. The summed E-state index contributed by atoms with van der Waals surface area (Å²) in [6.45, 7) is 3.39. The van der Waals surface area contributed by atoms with Gasteiger partial charge >= 0.3 is 0 Å². The van der Waals surface area contributed by atoms with Crippen molar-refractivity contribution in [2.45, 2.75) is 56.1 Å². The van der Waals surface area contributed by atoms with E-state index in [2.05, 4.69) is 21.2 Å². The van der Waals surface area contributed by atoms with Gasteiger partial charge in [0.25, 0.3) is 0 Å². The molecule has 1 aromatic heterocycles. The van der Waals surface area contributed by atoms with E-state index in [9.17, 15) is 8.42 Å². The third-order valence-electron chi connectivity index (χ3n) is 3.93. The smallest absolute Gasteiger partial charge is 0.245 e. The van der Waals surface area contributed by atoms with E-state index in [1.54, 1.807) is 4.31 Å². The number of nitrogens with zero attached hydrogens (tertiary/aromatic N) is 1. The molecule has 1 aliphatic heterocycles. The molecule has 20 heavy (non-hydrogen) atoms. The van der Waals surface area contributed by atoms with Gasteiger partial charge in [0, 0.05) is 30.1 Å². The van der Waals surface area contributed by atoms with Gasteiger partial charge < -0.3 is 5.32 Å². The molecule has 7 heteroatoms. The molecule has 112 valence electrons. The molecule has 1 saturated carbocycles. The minimum atomic E-state index is -3.35. The SMILES string of the molecule is CC1CCCN1S(=O)(=O)c1cc(CNC2CC2)sc1Br. The molecule has 0 radical (unpaired) electrons. The standard InChI is InChI=1S/C13H19BrN2O2S2/c1-9-3-2-6-16(9)20(17,18)12-7-11(19-13(12)14)8-15-10-4-5-10/h7,9-10,15H,2-6,8H2,1H3. The van der Waals surface area contributed by atoms with Crippen molar-refractivity contribution >= 4 is 37.3 Å². The number of rotatable bonds is 5. The second kappa shape index (κ2) is 5.68. The molecule has 0 spiro atoms. The van der Waals surface area contributed by atoms with Crippen molar-refractivity contribution in [1.29, 1.82) is 0 Å². The van der Waals surface area contributed by atoms with Crippen molar-refractivity contribution in [3.05, 3.63) is 14.7 Å². The summed E-state index contributed by atoms with van der Waals surface area (Å²) in [7, 11) is -3.35. The van der Waals surface area contributed by atoms with Crippen LogP contribution in [0.2, 0.25) is 0 Å². The van der Waals surface area contributed by atoms with E-state index in [0.29, 0.717) is 17.5 Å². The van der Waals surface area contributed by atoms with Crippen molar-refractivity contribution < 1.29 is 8.42 Å². The maximum Gasteiger partial charge on any atom is 0.245 e. The third kappa shape index (κ3) is 2.97. The molecular weight excluding hydrogens is 360 g/mol. The molecular formula is C13H19BrN2O2S2. The predicted molar refractivity (Wildman–Crippen MR) is 84.5 cm³/mol. The molecule has 0 aromatic carbocycles.